The molecule has 1 aliphatic heterocycles. The molecule has 2 fully saturated rings. The van der Waals surface area contributed by atoms with Crippen LogP contribution in [0, 0.1) is 17.7 Å². The number of aliphatic hydroxyl groups excluding tert-OH is 2. The van der Waals surface area contributed by atoms with Crippen molar-refractivity contribution in [1.82, 2.24) is 29.7 Å². The van der Waals surface area contributed by atoms with Crippen molar-refractivity contribution in [1.29, 1.82) is 0 Å². The van der Waals surface area contributed by atoms with Gasteiger partial charge in [0.25, 0.3) is 11.8 Å². The number of ether oxygens (including phenoxy) is 2. The largest absolute Gasteiger partial charge is 0.494 e. The number of anilines is 1. The molecular formula is C26H28FN7O6. The number of nitrogens with zero attached hydrogens (tertiary/aromatic N) is 5. The van der Waals surface area contributed by atoms with Crippen LogP contribution in [0.5, 0.6) is 5.75 Å². The molecule has 3 heterocycles. The van der Waals surface area contributed by atoms with Gasteiger partial charge >= 0.3 is 0 Å². The van der Waals surface area contributed by atoms with Gasteiger partial charge in [0.1, 0.15) is 17.7 Å². The maximum absolute atomic E-state index is 14.2. The first kappa shape index (κ1) is 27.3. The number of nitrogens with two attached hydrogens (primary N) is 1. The summed E-state index contributed by atoms with van der Waals surface area (Å²) in [6, 6.07) is 4.03. The molecule has 13 nitrogen and oxygen atoms in total. The van der Waals surface area contributed by atoms with Gasteiger partial charge in [-0.25, -0.2) is 19.3 Å². The maximum Gasteiger partial charge on any atom is 0.254 e. The van der Waals surface area contributed by atoms with Crippen LogP contribution < -0.4 is 15.8 Å². The SMILES string of the molecule is CNC(=O)[C@H]1O[C@@H](n2cnc3c(N)nc(C#CCN(C(=O)c4ccc(OC)c(F)c4)C4CCC4)nc32)[C@H](O)C1O. The number of methoxy groups -OCH3 is 1. The summed E-state index contributed by atoms with van der Waals surface area (Å²) >= 11 is 0. The first-order valence-electron chi connectivity index (χ1n) is 12.6. The molecule has 0 radical (unpaired) electrons. The lowest BCUT2D eigenvalue weighted by molar-refractivity contribution is -0.137. The van der Waals surface area contributed by atoms with E-state index in [1.165, 1.54) is 37.2 Å². The summed E-state index contributed by atoms with van der Waals surface area (Å²) in [5, 5.41) is 23.2. The van der Waals surface area contributed by atoms with Crippen LogP contribution in [0.4, 0.5) is 10.2 Å². The molecule has 14 heteroatoms. The summed E-state index contributed by atoms with van der Waals surface area (Å²) in [7, 11) is 2.74. The first-order valence-corrected chi connectivity index (χ1v) is 12.6. The number of hydrogen-bond acceptors (Lipinski definition) is 10. The van der Waals surface area contributed by atoms with E-state index in [1.54, 1.807) is 4.90 Å². The number of aliphatic hydroxyl groups is 2. The van der Waals surface area contributed by atoms with Gasteiger partial charge in [-0.15, -0.1) is 0 Å². The summed E-state index contributed by atoms with van der Waals surface area (Å²) in [5.41, 5.74) is 6.65. The predicted molar refractivity (Wildman–Crippen MR) is 138 cm³/mol. The van der Waals surface area contributed by atoms with E-state index >= 15 is 0 Å². The number of carbonyl (C=O) groups is 2. The van der Waals surface area contributed by atoms with Crippen LogP contribution in [0.3, 0.4) is 0 Å². The molecule has 2 amide bonds. The molecule has 0 spiro atoms. The average molecular weight is 554 g/mol. The van der Waals surface area contributed by atoms with Crippen LogP contribution in [0.1, 0.15) is 41.7 Å². The molecular weight excluding hydrogens is 525 g/mol. The Kier molecular flexibility index (Phi) is 7.53. The summed E-state index contributed by atoms with van der Waals surface area (Å²) < 4.78 is 26.1. The highest BCUT2D eigenvalue weighted by Crippen LogP contribution is 2.32. The minimum absolute atomic E-state index is 0.0181. The highest BCUT2D eigenvalue weighted by atomic mass is 19.1. The number of aromatic nitrogens is 4. The molecule has 1 saturated heterocycles. The molecule has 1 unspecified atom stereocenters. The Hall–Kier alpha value is -4.32. The van der Waals surface area contributed by atoms with Crippen molar-refractivity contribution >= 4 is 28.8 Å². The summed E-state index contributed by atoms with van der Waals surface area (Å²) in [4.78, 5) is 39.6. The lowest BCUT2D eigenvalue weighted by atomic mass is 9.91. The second-order valence-corrected chi connectivity index (χ2v) is 9.47. The molecule has 40 heavy (non-hydrogen) atoms. The Morgan fingerprint density at radius 3 is 2.73 bits per heavy atom. The second-order valence-electron chi connectivity index (χ2n) is 9.47. The molecule has 210 valence electrons. The number of nitrogens with one attached hydrogen (secondary N) is 1. The summed E-state index contributed by atoms with van der Waals surface area (Å²) in [6.07, 6.45) is -1.48. The fraction of sp³-hybridized carbons (Fsp3) is 0.423. The number of fused-ring (bicyclic) bond motifs is 1. The van der Waals surface area contributed by atoms with Crippen molar-refractivity contribution in [2.24, 2.45) is 0 Å². The number of likely N-dealkylation sites (N-methyl/N-ethyl adjacent to an activating group) is 1. The van der Waals surface area contributed by atoms with Gasteiger partial charge in [0, 0.05) is 18.7 Å². The third kappa shape index (κ3) is 4.90. The Morgan fingerprint density at radius 2 is 2.08 bits per heavy atom. The molecule has 1 saturated carbocycles. The van der Waals surface area contributed by atoms with Crippen molar-refractivity contribution in [3.63, 3.8) is 0 Å². The van der Waals surface area contributed by atoms with Crippen molar-refractivity contribution in [2.45, 2.75) is 49.8 Å². The maximum atomic E-state index is 14.2. The van der Waals surface area contributed by atoms with Crippen LogP contribution in [0.2, 0.25) is 0 Å². The van der Waals surface area contributed by atoms with Crippen LogP contribution in [0.15, 0.2) is 24.5 Å². The number of halogens is 1. The number of benzene rings is 1. The Labute approximate surface area is 228 Å². The zero-order valence-corrected chi connectivity index (χ0v) is 21.7. The number of imidazole rings is 1. The molecule has 1 aromatic carbocycles. The monoisotopic (exact) mass is 553 g/mol. The molecule has 3 aromatic rings. The Balaban J connectivity index is 1.40. The van der Waals surface area contributed by atoms with E-state index in [4.69, 9.17) is 15.2 Å². The van der Waals surface area contributed by atoms with Gasteiger partial charge in [0.2, 0.25) is 5.82 Å². The van der Waals surface area contributed by atoms with Crippen LogP contribution in [-0.4, -0.2) is 91.5 Å². The number of carbonyl (C=O) groups excluding carboxylic acids is 2. The van der Waals surface area contributed by atoms with Crippen molar-refractivity contribution in [3.8, 4) is 17.6 Å². The topological polar surface area (TPSA) is 178 Å². The highest BCUT2D eigenvalue weighted by molar-refractivity contribution is 5.95. The summed E-state index contributed by atoms with van der Waals surface area (Å²) in [5.74, 6) is 4.23. The molecule has 0 bridgehead atoms. The number of rotatable bonds is 6. The fourth-order valence-electron chi connectivity index (χ4n) is 4.66. The number of nitrogen functional groups attached to an aromatic ring is 1. The minimum Gasteiger partial charge on any atom is -0.494 e. The molecule has 2 aromatic heterocycles. The van der Waals surface area contributed by atoms with E-state index in [1.807, 2.05) is 0 Å². The normalized spacial score (nSPS) is 22.3. The van der Waals surface area contributed by atoms with Crippen molar-refractivity contribution in [2.75, 3.05) is 26.4 Å². The standard InChI is InChI=1S/C26H28FN7O6/c1-29-24(37)21-19(35)20(36)26(40-21)34-12-30-18-22(28)31-17(32-23(18)34)7-4-10-33(14-5-3-6-14)25(38)13-8-9-16(39-2)15(27)11-13/h8-9,11-12,14,19-21,26,35-36H,3,5-6,10H2,1-2H3,(H,29,37)(H2,28,31,32)/t19?,20-,21+,26-/m1/s1. The van der Waals surface area contributed by atoms with Gasteiger partial charge < -0.3 is 35.6 Å². The lowest BCUT2D eigenvalue weighted by Gasteiger charge is -2.36. The van der Waals surface area contributed by atoms with Gasteiger partial charge in [-0.2, -0.15) is 0 Å². The quantitative estimate of drug-likeness (QED) is 0.303. The van der Waals surface area contributed by atoms with E-state index in [-0.39, 0.29) is 52.6 Å². The van der Waals surface area contributed by atoms with Gasteiger partial charge in [0.15, 0.2) is 35.4 Å². The highest BCUT2D eigenvalue weighted by Gasteiger charge is 2.47. The van der Waals surface area contributed by atoms with Crippen LogP contribution in [0.25, 0.3) is 11.2 Å². The average Bonchev–Trinajstić information content (AvgIpc) is 3.47. The van der Waals surface area contributed by atoms with Gasteiger partial charge in [-0.1, -0.05) is 5.92 Å². The predicted octanol–water partition coefficient (Wildman–Crippen LogP) is -0.0322. The van der Waals surface area contributed by atoms with Gasteiger partial charge in [-0.3, -0.25) is 14.2 Å². The third-order valence-electron chi connectivity index (χ3n) is 7.09. The van der Waals surface area contributed by atoms with E-state index in [0.29, 0.717) is 0 Å². The molecule has 5 rings (SSSR count). The Morgan fingerprint density at radius 1 is 1.30 bits per heavy atom. The van der Waals surface area contributed by atoms with E-state index in [2.05, 4.69) is 32.1 Å². The van der Waals surface area contributed by atoms with Crippen molar-refractivity contribution < 1.29 is 33.7 Å². The van der Waals surface area contributed by atoms with Crippen molar-refractivity contribution in [3.05, 3.63) is 41.7 Å². The minimum atomic E-state index is -1.48. The molecule has 5 N–H and O–H groups in total. The first-order chi connectivity index (χ1) is 19.2. The zero-order chi connectivity index (χ0) is 28.6. The van der Waals surface area contributed by atoms with E-state index < -0.39 is 36.3 Å². The second kappa shape index (κ2) is 11.0. The van der Waals surface area contributed by atoms with E-state index in [9.17, 15) is 24.2 Å². The number of amides is 2. The van der Waals surface area contributed by atoms with Gasteiger partial charge in [0.05, 0.1) is 20.0 Å². The molecule has 1 aliphatic carbocycles. The Bertz CT molecular complexity index is 1510. The third-order valence-corrected chi connectivity index (χ3v) is 7.09. The zero-order valence-electron chi connectivity index (χ0n) is 21.7. The summed E-state index contributed by atoms with van der Waals surface area (Å²) in [6.45, 7) is 0.0438. The van der Waals surface area contributed by atoms with Crippen LogP contribution >= 0.6 is 0 Å². The fourth-order valence-corrected chi connectivity index (χ4v) is 4.66. The van der Waals surface area contributed by atoms with E-state index in [0.717, 1.165) is 25.3 Å². The molecule has 2 aliphatic rings. The van der Waals surface area contributed by atoms with Crippen LogP contribution in [-0.2, 0) is 9.53 Å². The van der Waals surface area contributed by atoms with Gasteiger partial charge in [-0.05, 0) is 43.4 Å². The smallest absolute Gasteiger partial charge is 0.254 e. The molecule has 4 atom stereocenters. The number of hydrogen-bond donors (Lipinski definition) is 4. The lowest BCUT2D eigenvalue weighted by Crippen LogP contribution is -2.44.